The highest BCUT2D eigenvalue weighted by Gasteiger charge is 2.28. The SMILES string of the molecule is Cc1ccccc1NC(=O)c1cc(S(=O)(=O)N2CCCC2)ccc1O. The molecule has 0 saturated carbocycles. The van der Waals surface area contributed by atoms with E-state index < -0.39 is 15.9 Å². The van der Waals surface area contributed by atoms with Crippen molar-refractivity contribution in [1.29, 1.82) is 0 Å². The summed E-state index contributed by atoms with van der Waals surface area (Å²) in [6.45, 7) is 2.81. The molecule has 0 unspecified atom stereocenters. The standard InChI is InChI=1S/C18H20N2O4S/c1-13-6-2-3-7-16(13)19-18(22)15-12-14(8-9-17(15)21)25(23,24)20-10-4-5-11-20/h2-3,6-9,12,21H,4-5,10-11H2,1H3,(H,19,22). The van der Waals surface area contributed by atoms with Crippen molar-refractivity contribution in [2.45, 2.75) is 24.7 Å². The quantitative estimate of drug-likeness (QED) is 0.878. The highest BCUT2D eigenvalue weighted by atomic mass is 32.2. The Kier molecular flexibility index (Phi) is 4.78. The van der Waals surface area contributed by atoms with Gasteiger partial charge in [0.2, 0.25) is 10.0 Å². The van der Waals surface area contributed by atoms with Crippen LogP contribution in [0.15, 0.2) is 47.4 Å². The second-order valence-corrected chi connectivity index (χ2v) is 8.00. The molecule has 2 N–H and O–H groups in total. The van der Waals surface area contributed by atoms with Crippen LogP contribution in [0.4, 0.5) is 5.69 Å². The molecule has 0 aliphatic carbocycles. The number of amides is 1. The van der Waals surface area contributed by atoms with Crippen LogP contribution in [0.3, 0.4) is 0 Å². The molecular formula is C18H20N2O4S. The van der Waals surface area contributed by atoms with Crippen molar-refractivity contribution in [2.24, 2.45) is 0 Å². The van der Waals surface area contributed by atoms with E-state index in [1.807, 2.05) is 19.1 Å². The van der Waals surface area contributed by atoms with E-state index >= 15 is 0 Å². The van der Waals surface area contributed by atoms with Gasteiger partial charge in [0.25, 0.3) is 5.91 Å². The second-order valence-electron chi connectivity index (χ2n) is 6.06. The summed E-state index contributed by atoms with van der Waals surface area (Å²) in [6.07, 6.45) is 1.66. The maximum Gasteiger partial charge on any atom is 0.259 e. The number of phenols is 1. The van der Waals surface area contributed by atoms with Gasteiger partial charge >= 0.3 is 0 Å². The van der Waals surface area contributed by atoms with E-state index in [1.165, 1.54) is 22.5 Å². The summed E-state index contributed by atoms with van der Waals surface area (Å²) < 4.78 is 26.7. The molecule has 1 fully saturated rings. The Morgan fingerprint density at radius 1 is 1.12 bits per heavy atom. The van der Waals surface area contributed by atoms with Gasteiger partial charge in [-0.25, -0.2) is 8.42 Å². The number of aryl methyl sites for hydroxylation is 1. The lowest BCUT2D eigenvalue weighted by atomic mass is 10.1. The van der Waals surface area contributed by atoms with Crippen LogP contribution in [0.5, 0.6) is 5.75 Å². The zero-order chi connectivity index (χ0) is 18.0. The molecule has 1 amide bonds. The lowest BCUT2D eigenvalue weighted by Gasteiger charge is -2.16. The lowest BCUT2D eigenvalue weighted by molar-refractivity contribution is 0.102. The maximum absolute atomic E-state index is 12.6. The van der Waals surface area contributed by atoms with Crippen molar-refractivity contribution >= 4 is 21.6 Å². The van der Waals surface area contributed by atoms with Gasteiger partial charge in [0.1, 0.15) is 5.75 Å². The molecule has 1 saturated heterocycles. The molecule has 6 nitrogen and oxygen atoms in total. The number of anilines is 1. The number of nitrogens with zero attached hydrogens (tertiary/aromatic N) is 1. The first-order valence-electron chi connectivity index (χ1n) is 8.10. The Labute approximate surface area is 147 Å². The first kappa shape index (κ1) is 17.4. The summed E-state index contributed by atoms with van der Waals surface area (Å²) in [5.74, 6) is -0.809. The Balaban J connectivity index is 1.91. The van der Waals surface area contributed by atoms with E-state index in [-0.39, 0.29) is 16.2 Å². The monoisotopic (exact) mass is 360 g/mol. The number of aromatic hydroxyl groups is 1. The summed E-state index contributed by atoms with van der Waals surface area (Å²) in [5.41, 5.74) is 1.42. The molecule has 25 heavy (non-hydrogen) atoms. The van der Waals surface area contributed by atoms with E-state index in [9.17, 15) is 18.3 Å². The molecule has 2 aromatic rings. The molecule has 132 valence electrons. The summed E-state index contributed by atoms with van der Waals surface area (Å²) in [5, 5.41) is 12.7. The van der Waals surface area contributed by atoms with Crippen molar-refractivity contribution in [1.82, 2.24) is 4.31 Å². The number of para-hydroxylation sites is 1. The predicted octanol–water partition coefficient (Wildman–Crippen LogP) is 2.74. The maximum atomic E-state index is 12.6. The highest BCUT2D eigenvalue weighted by molar-refractivity contribution is 7.89. The average Bonchev–Trinajstić information content (AvgIpc) is 3.12. The van der Waals surface area contributed by atoms with Crippen molar-refractivity contribution in [3.05, 3.63) is 53.6 Å². The fourth-order valence-electron chi connectivity index (χ4n) is 2.84. The van der Waals surface area contributed by atoms with Gasteiger partial charge in [0, 0.05) is 18.8 Å². The predicted molar refractivity (Wildman–Crippen MR) is 95.2 cm³/mol. The molecule has 0 atom stereocenters. The van der Waals surface area contributed by atoms with Crippen molar-refractivity contribution < 1.29 is 18.3 Å². The number of rotatable bonds is 4. The molecule has 2 aromatic carbocycles. The smallest absolute Gasteiger partial charge is 0.259 e. The van der Waals surface area contributed by atoms with E-state index in [2.05, 4.69) is 5.32 Å². The second kappa shape index (κ2) is 6.85. The Bertz CT molecular complexity index is 903. The van der Waals surface area contributed by atoms with Crippen LogP contribution >= 0.6 is 0 Å². The van der Waals surface area contributed by atoms with Gasteiger partial charge < -0.3 is 10.4 Å². The number of sulfonamides is 1. The van der Waals surface area contributed by atoms with E-state index in [0.29, 0.717) is 18.8 Å². The number of carbonyl (C=O) groups is 1. The number of nitrogens with one attached hydrogen (secondary N) is 1. The van der Waals surface area contributed by atoms with Crippen LogP contribution in [0, 0.1) is 6.92 Å². The molecule has 0 aromatic heterocycles. The Morgan fingerprint density at radius 2 is 1.80 bits per heavy atom. The van der Waals surface area contributed by atoms with Crippen LogP contribution in [0.1, 0.15) is 28.8 Å². The van der Waals surface area contributed by atoms with Crippen LogP contribution in [0.25, 0.3) is 0 Å². The van der Waals surface area contributed by atoms with Crippen LogP contribution in [-0.4, -0.2) is 36.8 Å². The summed E-state index contributed by atoms with van der Waals surface area (Å²) in [4.78, 5) is 12.5. The number of carbonyl (C=O) groups excluding carboxylic acids is 1. The fraction of sp³-hybridized carbons (Fsp3) is 0.278. The lowest BCUT2D eigenvalue weighted by Crippen LogP contribution is -2.28. The molecular weight excluding hydrogens is 340 g/mol. The zero-order valence-electron chi connectivity index (χ0n) is 13.9. The first-order chi connectivity index (χ1) is 11.9. The molecule has 7 heteroatoms. The molecule has 0 bridgehead atoms. The third-order valence-electron chi connectivity index (χ3n) is 4.31. The summed E-state index contributed by atoms with van der Waals surface area (Å²) in [7, 11) is -3.65. The summed E-state index contributed by atoms with van der Waals surface area (Å²) in [6, 6.07) is 11.0. The molecule has 0 radical (unpaired) electrons. The minimum Gasteiger partial charge on any atom is -0.507 e. The van der Waals surface area contributed by atoms with Gasteiger partial charge in [-0.1, -0.05) is 18.2 Å². The van der Waals surface area contributed by atoms with Gasteiger partial charge in [0.05, 0.1) is 10.5 Å². The van der Waals surface area contributed by atoms with E-state index in [4.69, 9.17) is 0 Å². The minimum absolute atomic E-state index is 0.0159. The zero-order valence-corrected chi connectivity index (χ0v) is 14.7. The van der Waals surface area contributed by atoms with Crippen LogP contribution in [0.2, 0.25) is 0 Å². The van der Waals surface area contributed by atoms with Gasteiger partial charge in [-0.2, -0.15) is 4.31 Å². The largest absolute Gasteiger partial charge is 0.507 e. The normalized spacial score (nSPS) is 15.2. The first-order valence-corrected chi connectivity index (χ1v) is 9.54. The third kappa shape index (κ3) is 3.52. The Morgan fingerprint density at radius 3 is 2.48 bits per heavy atom. The topological polar surface area (TPSA) is 86.7 Å². The molecule has 0 spiro atoms. The van der Waals surface area contributed by atoms with Crippen LogP contribution in [-0.2, 0) is 10.0 Å². The van der Waals surface area contributed by atoms with Gasteiger partial charge in [0.15, 0.2) is 0 Å². The Hall–Kier alpha value is -2.38. The minimum atomic E-state index is -3.65. The van der Waals surface area contributed by atoms with Gasteiger partial charge in [-0.15, -0.1) is 0 Å². The van der Waals surface area contributed by atoms with Crippen molar-refractivity contribution in [3.63, 3.8) is 0 Å². The summed E-state index contributed by atoms with van der Waals surface area (Å²) >= 11 is 0. The molecule has 3 rings (SSSR count). The fourth-order valence-corrected chi connectivity index (χ4v) is 4.38. The number of hydrogen-bond donors (Lipinski definition) is 2. The third-order valence-corrected chi connectivity index (χ3v) is 6.20. The number of hydrogen-bond acceptors (Lipinski definition) is 4. The van der Waals surface area contributed by atoms with Gasteiger partial charge in [-0.05, 0) is 49.6 Å². The average molecular weight is 360 g/mol. The molecule has 1 aliphatic heterocycles. The van der Waals surface area contributed by atoms with Crippen molar-refractivity contribution in [2.75, 3.05) is 18.4 Å². The molecule has 1 aliphatic rings. The molecule has 1 heterocycles. The van der Waals surface area contributed by atoms with Crippen molar-refractivity contribution in [3.8, 4) is 5.75 Å². The van der Waals surface area contributed by atoms with Gasteiger partial charge in [-0.3, -0.25) is 4.79 Å². The highest BCUT2D eigenvalue weighted by Crippen LogP contribution is 2.27. The number of benzene rings is 2. The van der Waals surface area contributed by atoms with Crippen LogP contribution < -0.4 is 5.32 Å². The number of phenolic OH excluding ortho intramolecular Hbond substituents is 1. The van der Waals surface area contributed by atoms with E-state index in [0.717, 1.165) is 18.4 Å². The van der Waals surface area contributed by atoms with E-state index in [1.54, 1.807) is 12.1 Å².